The number of hydrogen-bond donors (Lipinski definition) is 2. The predicted molar refractivity (Wildman–Crippen MR) is 72.5 cm³/mol. The first-order valence-corrected chi connectivity index (χ1v) is 7.27. The molecular weight excluding hydrogens is 232 g/mol. The standard InChI is InChI=1S/C12H22N4S/c1-2-11-9-15-12(17-11)10-14-5-8-16-6-3-13-4-7-16/h9,13-14H,2-8,10H2,1H3. The maximum Gasteiger partial charge on any atom is 0.107 e. The third kappa shape index (κ3) is 4.35. The van der Waals surface area contributed by atoms with Crippen LogP contribution in [0.25, 0.3) is 0 Å². The number of rotatable bonds is 6. The van der Waals surface area contributed by atoms with E-state index < -0.39 is 0 Å². The highest BCUT2D eigenvalue weighted by Gasteiger charge is 2.08. The summed E-state index contributed by atoms with van der Waals surface area (Å²) in [5, 5.41) is 8.05. The van der Waals surface area contributed by atoms with Crippen molar-refractivity contribution in [1.29, 1.82) is 0 Å². The molecule has 0 bridgehead atoms. The van der Waals surface area contributed by atoms with E-state index in [-0.39, 0.29) is 0 Å². The van der Waals surface area contributed by atoms with Gasteiger partial charge in [-0.25, -0.2) is 4.98 Å². The summed E-state index contributed by atoms with van der Waals surface area (Å²) >= 11 is 1.82. The van der Waals surface area contributed by atoms with E-state index in [1.807, 2.05) is 17.5 Å². The van der Waals surface area contributed by atoms with Gasteiger partial charge >= 0.3 is 0 Å². The van der Waals surface area contributed by atoms with Crippen LogP contribution in [0.1, 0.15) is 16.8 Å². The van der Waals surface area contributed by atoms with Crippen molar-refractivity contribution in [2.45, 2.75) is 19.9 Å². The molecule has 96 valence electrons. The molecule has 0 unspecified atom stereocenters. The van der Waals surface area contributed by atoms with Crippen molar-refractivity contribution in [3.8, 4) is 0 Å². The van der Waals surface area contributed by atoms with Crippen LogP contribution in [0.2, 0.25) is 0 Å². The molecule has 1 aliphatic rings. The zero-order chi connectivity index (χ0) is 11.9. The van der Waals surface area contributed by atoms with E-state index in [1.54, 1.807) is 0 Å². The lowest BCUT2D eigenvalue weighted by atomic mass is 10.3. The fourth-order valence-electron chi connectivity index (χ4n) is 1.96. The summed E-state index contributed by atoms with van der Waals surface area (Å²) in [5.41, 5.74) is 0. The number of thiazole rings is 1. The Morgan fingerprint density at radius 3 is 3.00 bits per heavy atom. The van der Waals surface area contributed by atoms with Crippen LogP contribution in [0.15, 0.2) is 6.20 Å². The Morgan fingerprint density at radius 2 is 2.29 bits per heavy atom. The average molecular weight is 254 g/mol. The van der Waals surface area contributed by atoms with E-state index in [1.165, 1.54) is 23.0 Å². The van der Waals surface area contributed by atoms with Gasteiger partial charge in [-0.2, -0.15) is 0 Å². The summed E-state index contributed by atoms with van der Waals surface area (Å²) in [5.74, 6) is 0. The van der Waals surface area contributed by atoms with Gasteiger partial charge in [-0.05, 0) is 6.42 Å². The Kier molecular flexibility index (Phi) is 5.38. The van der Waals surface area contributed by atoms with Crippen LogP contribution in [-0.2, 0) is 13.0 Å². The van der Waals surface area contributed by atoms with Crippen LogP contribution in [0.3, 0.4) is 0 Å². The molecule has 0 radical (unpaired) electrons. The number of aromatic nitrogens is 1. The number of nitrogens with one attached hydrogen (secondary N) is 2. The molecule has 17 heavy (non-hydrogen) atoms. The first-order valence-electron chi connectivity index (χ1n) is 6.46. The second-order valence-electron chi connectivity index (χ2n) is 4.34. The molecule has 1 aromatic heterocycles. The Morgan fingerprint density at radius 1 is 1.47 bits per heavy atom. The monoisotopic (exact) mass is 254 g/mol. The van der Waals surface area contributed by atoms with Crippen molar-refractivity contribution in [3.63, 3.8) is 0 Å². The van der Waals surface area contributed by atoms with Gasteiger partial charge in [-0.1, -0.05) is 6.92 Å². The predicted octanol–water partition coefficient (Wildman–Crippen LogP) is 0.700. The van der Waals surface area contributed by atoms with Gasteiger partial charge < -0.3 is 10.6 Å². The van der Waals surface area contributed by atoms with Crippen molar-refractivity contribution in [2.75, 3.05) is 39.3 Å². The van der Waals surface area contributed by atoms with Crippen molar-refractivity contribution < 1.29 is 0 Å². The van der Waals surface area contributed by atoms with E-state index >= 15 is 0 Å². The summed E-state index contributed by atoms with van der Waals surface area (Å²) in [7, 11) is 0. The maximum absolute atomic E-state index is 4.40. The normalized spacial score (nSPS) is 17.5. The van der Waals surface area contributed by atoms with Crippen molar-refractivity contribution >= 4 is 11.3 Å². The second kappa shape index (κ2) is 7.06. The molecule has 1 saturated heterocycles. The number of piperazine rings is 1. The third-order valence-electron chi connectivity index (χ3n) is 3.04. The molecule has 4 nitrogen and oxygen atoms in total. The Bertz CT molecular complexity index is 320. The van der Waals surface area contributed by atoms with E-state index in [2.05, 4.69) is 27.4 Å². The highest BCUT2D eigenvalue weighted by molar-refractivity contribution is 7.11. The first-order chi connectivity index (χ1) is 8.38. The largest absolute Gasteiger partial charge is 0.314 e. The number of nitrogens with zero attached hydrogens (tertiary/aromatic N) is 2. The van der Waals surface area contributed by atoms with E-state index in [0.717, 1.165) is 39.1 Å². The molecule has 5 heteroatoms. The summed E-state index contributed by atoms with van der Waals surface area (Å²) in [6, 6.07) is 0. The summed E-state index contributed by atoms with van der Waals surface area (Å²) in [6.45, 7) is 9.91. The van der Waals surface area contributed by atoms with E-state index in [4.69, 9.17) is 0 Å². The van der Waals surface area contributed by atoms with Crippen LogP contribution in [0.5, 0.6) is 0 Å². The quantitative estimate of drug-likeness (QED) is 0.733. The molecule has 0 atom stereocenters. The van der Waals surface area contributed by atoms with Gasteiger partial charge in [0.1, 0.15) is 5.01 Å². The van der Waals surface area contributed by atoms with Gasteiger partial charge in [-0.3, -0.25) is 4.90 Å². The van der Waals surface area contributed by atoms with Gasteiger partial charge in [0.05, 0.1) is 0 Å². The molecular formula is C12H22N4S. The SMILES string of the molecule is CCc1cnc(CNCCN2CCNCC2)s1. The van der Waals surface area contributed by atoms with Crippen LogP contribution >= 0.6 is 11.3 Å². The van der Waals surface area contributed by atoms with Crippen molar-refractivity contribution in [2.24, 2.45) is 0 Å². The third-order valence-corrected chi connectivity index (χ3v) is 4.18. The van der Waals surface area contributed by atoms with Crippen LogP contribution in [0.4, 0.5) is 0 Å². The summed E-state index contributed by atoms with van der Waals surface area (Å²) < 4.78 is 0. The maximum atomic E-state index is 4.40. The molecule has 2 N–H and O–H groups in total. The Balaban J connectivity index is 1.59. The van der Waals surface area contributed by atoms with Gasteiger partial charge in [0.25, 0.3) is 0 Å². The number of hydrogen-bond acceptors (Lipinski definition) is 5. The number of aryl methyl sites for hydroxylation is 1. The molecule has 0 aromatic carbocycles. The van der Waals surface area contributed by atoms with Crippen molar-refractivity contribution in [1.82, 2.24) is 20.5 Å². The average Bonchev–Trinajstić information content (AvgIpc) is 2.84. The molecule has 0 spiro atoms. The minimum absolute atomic E-state index is 0.913. The molecule has 2 heterocycles. The second-order valence-corrected chi connectivity index (χ2v) is 5.54. The summed E-state index contributed by atoms with van der Waals surface area (Å²) in [4.78, 5) is 8.29. The van der Waals surface area contributed by atoms with Gasteiger partial charge in [0.15, 0.2) is 0 Å². The zero-order valence-corrected chi connectivity index (χ0v) is 11.4. The molecule has 1 aromatic rings. The van der Waals surface area contributed by atoms with Gasteiger partial charge in [-0.15, -0.1) is 11.3 Å². The van der Waals surface area contributed by atoms with Gasteiger partial charge in [0.2, 0.25) is 0 Å². The summed E-state index contributed by atoms with van der Waals surface area (Å²) in [6.07, 6.45) is 3.09. The van der Waals surface area contributed by atoms with Crippen LogP contribution in [0, 0.1) is 0 Å². The minimum Gasteiger partial charge on any atom is -0.314 e. The first kappa shape index (κ1) is 13.0. The lowest BCUT2D eigenvalue weighted by Gasteiger charge is -2.27. The molecule has 2 rings (SSSR count). The van der Waals surface area contributed by atoms with E-state index in [9.17, 15) is 0 Å². The molecule has 1 fully saturated rings. The molecule has 1 aliphatic heterocycles. The smallest absolute Gasteiger partial charge is 0.107 e. The minimum atomic E-state index is 0.913. The fraction of sp³-hybridized carbons (Fsp3) is 0.750. The zero-order valence-electron chi connectivity index (χ0n) is 10.5. The molecule has 0 aliphatic carbocycles. The Labute approximate surface area is 107 Å². The van der Waals surface area contributed by atoms with Crippen molar-refractivity contribution in [3.05, 3.63) is 16.1 Å². The molecule has 0 amide bonds. The topological polar surface area (TPSA) is 40.2 Å². The highest BCUT2D eigenvalue weighted by atomic mass is 32.1. The fourth-order valence-corrected chi connectivity index (χ4v) is 2.79. The lowest BCUT2D eigenvalue weighted by molar-refractivity contribution is 0.241. The van der Waals surface area contributed by atoms with Crippen LogP contribution in [-0.4, -0.2) is 49.2 Å². The lowest BCUT2D eigenvalue weighted by Crippen LogP contribution is -2.45. The van der Waals surface area contributed by atoms with Crippen LogP contribution < -0.4 is 10.6 Å². The highest BCUT2D eigenvalue weighted by Crippen LogP contribution is 2.12. The van der Waals surface area contributed by atoms with E-state index in [0.29, 0.717) is 0 Å². The van der Waals surface area contributed by atoms with Gasteiger partial charge in [0, 0.05) is 56.9 Å². The Hall–Kier alpha value is -0.490. The molecule has 0 saturated carbocycles.